The molecule has 4 heteroatoms. The summed E-state index contributed by atoms with van der Waals surface area (Å²) >= 11 is 0. The SMILES string of the molecule is Cc1cccc(C)c1NC(=O)Cn1ccc2cc(F)ccc21. The molecule has 0 spiro atoms. The van der Waals surface area contributed by atoms with E-state index in [1.165, 1.54) is 12.1 Å². The van der Waals surface area contributed by atoms with Gasteiger partial charge in [0.2, 0.25) is 5.91 Å². The number of aryl methyl sites for hydroxylation is 2. The van der Waals surface area contributed by atoms with Gasteiger partial charge in [0.25, 0.3) is 0 Å². The van der Waals surface area contributed by atoms with Gasteiger partial charge >= 0.3 is 0 Å². The Morgan fingerprint density at radius 2 is 1.86 bits per heavy atom. The first-order chi connectivity index (χ1) is 10.5. The fraction of sp³-hybridized carbons (Fsp3) is 0.167. The van der Waals surface area contributed by atoms with Gasteiger partial charge in [0, 0.05) is 22.8 Å². The number of benzene rings is 2. The van der Waals surface area contributed by atoms with Crippen molar-refractivity contribution in [1.82, 2.24) is 4.57 Å². The lowest BCUT2D eigenvalue weighted by Crippen LogP contribution is -2.19. The van der Waals surface area contributed by atoms with Gasteiger partial charge in [0.1, 0.15) is 12.4 Å². The number of hydrogen-bond acceptors (Lipinski definition) is 1. The number of rotatable bonds is 3. The van der Waals surface area contributed by atoms with E-state index in [9.17, 15) is 9.18 Å². The standard InChI is InChI=1S/C18H17FN2O/c1-12-4-3-5-13(2)18(12)20-17(22)11-21-9-8-14-10-15(19)6-7-16(14)21/h3-10H,11H2,1-2H3,(H,20,22). The van der Waals surface area contributed by atoms with Crippen molar-refractivity contribution in [2.45, 2.75) is 20.4 Å². The van der Waals surface area contributed by atoms with Gasteiger partial charge in [-0.3, -0.25) is 4.79 Å². The quantitative estimate of drug-likeness (QED) is 0.777. The number of nitrogens with zero attached hydrogens (tertiary/aromatic N) is 1. The van der Waals surface area contributed by atoms with Gasteiger partial charge in [-0.25, -0.2) is 4.39 Å². The van der Waals surface area contributed by atoms with E-state index in [2.05, 4.69) is 5.32 Å². The van der Waals surface area contributed by atoms with E-state index in [0.29, 0.717) is 0 Å². The fourth-order valence-corrected chi connectivity index (χ4v) is 2.65. The van der Waals surface area contributed by atoms with Crippen molar-refractivity contribution in [3.63, 3.8) is 0 Å². The van der Waals surface area contributed by atoms with Gasteiger partial charge < -0.3 is 9.88 Å². The topological polar surface area (TPSA) is 34.0 Å². The summed E-state index contributed by atoms with van der Waals surface area (Å²) in [5, 5.41) is 3.75. The van der Waals surface area contributed by atoms with Crippen LogP contribution in [0.3, 0.4) is 0 Å². The Morgan fingerprint density at radius 3 is 2.59 bits per heavy atom. The molecule has 0 saturated carbocycles. The number of halogens is 1. The number of carbonyl (C=O) groups excluding carboxylic acids is 1. The number of fused-ring (bicyclic) bond motifs is 1. The highest BCUT2D eigenvalue weighted by Crippen LogP contribution is 2.20. The molecule has 1 aromatic heterocycles. The Balaban J connectivity index is 1.82. The van der Waals surface area contributed by atoms with Gasteiger partial charge in [0.05, 0.1) is 0 Å². The molecule has 3 aromatic rings. The average Bonchev–Trinajstić information content (AvgIpc) is 2.85. The minimum absolute atomic E-state index is 0.0979. The van der Waals surface area contributed by atoms with Crippen LogP contribution in [-0.2, 0) is 11.3 Å². The minimum Gasteiger partial charge on any atom is -0.338 e. The van der Waals surface area contributed by atoms with E-state index in [1.807, 2.05) is 42.7 Å². The van der Waals surface area contributed by atoms with Crippen LogP contribution in [0.1, 0.15) is 11.1 Å². The van der Waals surface area contributed by atoms with Crippen LogP contribution in [0.5, 0.6) is 0 Å². The molecule has 3 nitrogen and oxygen atoms in total. The van der Waals surface area contributed by atoms with Crippen molar-refractivity contribution < 1.29 is 9.18 Å². The largest absolute Gasteiger partial charge is 0.338 e. The van der Waals surface area contributed by atoms with Crippen molar-refractivity contribution in [3.8, 4) is 0 Å². The lowest BCUT2D eigenvalue weighted by atomic mass is 10.1. The van der Waals surface area contributed by atoms with Crippen molar-refractivity contribution in [2.75, 3.05) is 5.32 Å². The van der Waals surface area contributed by atoms with Gasteiger partial charge in [-0.1, -0.05) is 18.2 Å². The molecule has 0 saturated heterocycles. The lowest BCUT2D eigenvalue weighted by Gasteiger charge is -2.12. The van der Waals surface area contributed by atoms with Gasteiger partial charge in [-0.15, -0.1) is 0 Å². The zero-order valence-electron chi connectivity index (χ0n) is 12.6. The minimum atomic E-state index is -0.273. The Hall–Kier alpha value is -2.62. The molecule has 3 rings (SSSR count). The molecule has 2 aromatic carbocycles. The monoisotopic (exact) mass is 296 g/mol. The fourth-order valence-electron chi connectivity index (χ4n) is 2.65. The van der Waals surface area contributed by atoms with Crippen molar-refractivity contribution in [3.05, 3.63) is 65.6 Å². The Bertz CT molecular complexity index is 831. The molecular weight excluding hydrogens is 279 g/mol. The van der Waals surface area contributed by atoms with Gasteiger partial charge in [-0.05, 0) is 49.2 Å². The van der Waals surface area contributed by atoms with Gasteiger partial charge in [0.15, 0.2) is 0 Å². The van der Waals surface area contributed by atoms with Crippen LogP contribution in [0.2, 0.25) is 0 Å². The first-order valence-corrected chi connectivity index (χ1v) is 7.15. The second-order valence-electron chi connectivity index (χ2n) is 5.46. The maximum absolute atomic E-state index is 13.2. The zero-order chi connectivity index (χ0) is 15.7. The van der Waals surface area contributed by atoms with Crippen molar-refractivity contribution in [1.29, 1.82) is 0 Å². The zero-order valence-corrected chi connectivity index (χ0v) is 12.6. The summed E-state index contributed by atoms with van der Waals surface area (Å²) < 4.78 is 15.0. The molecule has 0 unspecified atom stereocenters. The van der Waals surface area contributed by atoms with Crippen LogP contribution in [0.25, 0.3) is 10.9 Å². The molecule has 1 N–H and O–H groups in total. The number of hydrogen-bond donors (Lipinski definition) is 1. The normalized spacial score (nSPS) is 10.9. The van der Waals surface area contributed by atoms with Crippen molar-refractivity contribution >= 4 is 22.5 Å². The van der Waals surface area contributed by atoms with E-state index >= 15 is 0 Å². The van der Waals surface area contributed by atoms with E-state index in [1.54, 1.807) is 12.3 Å². The molecular formula is C18H17FN2O. The summed E-state index contributed by atoms with van der Waals surface area (Å²) in [5.74, 6) is -0.371. The molecule has 22 heavy (non-hydrogen) atoms. The molecule has 1 heterocycles. The van der Waals surface area contributed by atoms with Crippen LogP contribution in [0.4, 0.5) is 10.1 Å². The van der Waals surface area contributed by atoms with Gasteiger partial charge in [-0.2, -0.15) is 0 Å². The second-order valence-corrected chi connectivity index (χ2v) is 5.46. The van der Waals surface area contributed by atoms with E-state index in [0.717, 1.165) is 27.7 Å². The molecule has 0 fully saturated rings. The summed E-state index contributed by atoms with van der Waals surface area (Å²) in [6.45, 7) is 4.13. The highest BCUT2D eigenvalue weighted by atomic mass is 19.1. The number of nitrogens with one attached hydrogen (secondary N) is 1. The smallest absolute Gasteiger partial charge is 0.244 e. The molecule has 0 aliphatic heterocycles. The molecule has 0 aliphatic rings. The molecule has 0 radical (unpaired) electrons. The second kappa shape index (κ2) is 5.64. The molecule has 0 bridgehead atoms. The predicted octanol–water partition coefficient (Wildman–Crippen LogP) is 4.04. The summed E-state index contributed by atoms with van der Waals surface area (Å²) in [7, 11) is 0. The maximum Gasteiger partial charge on any atom is 0.244 e. The molecule has 0 aliphatic carbocycles. The lowest BCUT2D eigenvalue weighted by molar-refractivity contribution is -0.116. The predicted molar refractivity (Wildman–Crippen MR) is 86.4 cm³/mol. The van der Waals surface area contributed by atoms with Crippen LogP contribution in [0, 0.1) is 19.7 Å². The number of amides is 1. The summed E-state index contributed by atoms with van der Waals surface area (Å²) in [6.07, 6.45) is 1.80. The van der Waals surface area contributed by atoms with Crippen molar-refractivity contribution in [2.24, 2.45) is 0 Å². The van der Waals surface area contributed by atoms with Crippen LogP contribution in [0.15, 0.2) is 48.7 Å². The highest BCUT2D eigenvalue weighted by molar-refractivity contribution is 5.93. The Morgan fingerprint density at radius 1 is 1.14 bits per heavy atom. The van der Waals surface area contributed by atoms with E-state index in [4.69, 9.17) is 0 Å². The number of aromatic nitrogens is 1. The Kier molecular flexibility index (Phi) is 3.67. The van der Waals surface area contributed by atoms with E-state index in [-0.39, 0.29) is 18.3 Å². The third kappa shape index (κ3) is 2.72. The highest BCUT2D eigenvalue weighted by Gasteiger charge is 2.10. The number of carbonyl (C=O) groups is 1. The first kappa shape index (κ1) is 14.3. The average molecular weight is 296 g/mol. The Labute approximate surface area is 128 Å². The molecule has 1 amide bonds. The third-order valence-electron chi connectivity index (χ3n) is 3.79. The summed E-state index contributed by atoms with van der Waals surface area (Å²) in [5.41, 5.74) is 3.77. The molecule has 112 valence electrons. The first-order valence-electron chi connectivity index (χ1n) is 7.15. The van der Waals surface area contributed by atoms with Crippen LogP contribution in [-0.4, -0.2) is 10.5 Å². The molecule has 0 atom stereocenters. The summed E-state index contributed by atoms with van der Waals surface area (Å²) in [4.78, 5) is 12.3. The third-order valence-corrected chi connectivity index (χ3v) is 3.79. The maximum atomic E-state index is 13.2. The summed E-state index contributed by atoms with van der Waals surface area (Å²) in [6, 6.07) is 12.3. The number of anilines is 1. The van der Waals surface area contributed by atoms with Crippen LogP contribution < -0.4 is 5.32 Å². The number of para-hydroxylation sites is 1. The van der Waals surface area contributed by atoms with E-state index < -0.39 is 0 Å². The van der Waals surface area contributed by atoms with Crippen LogP contribution >= 0.6 is 0 Å².